The SMILES string of the molecule is COc1cccc(-c2cccc(F)c2C(=O)O)c1OC. The van der Waals surface area contributed by atoms with E-state index in [0.717, 1.165) is 6.07 Å². The first-order chi connectivity index (χ1) is 9.60. The van der Waals surface area contributed by atoms with Gasteiger partial charge in [0, 0.05) is 11.1 Å². The van der Waals surface area contributed by atoms with Gasteiger partial charge in [-0.25, -0.2) is 9.18 Å². The molecule has 5 heteroatoms. The van der Waals surface area contributed by atoms with Crippen LogP contribution in [0.4, 0.5) is 4.39 Å². The fourth-order valence-electron chi connectivity index (χ4n) is 2.07. The zero-order chi connectivity index (χ0) is 14.7. The van der Waals surface area contributed by atoms with Crippen molar-refractivity contribution in [1.29, 1.82) is 0 Å². The number of methoxy groups -OCH3 is 2. The van der Waals surface area contributed by atoms with Crippen LogP contribution in [0.25, 0.3) is 11.1 Å². The van der Waals surface area contributed by atoms with Gasteiger partial charge in [0.05, 0.1) is 14.2 Å². The van der Waals surface area contributed by atoms with Gasteiger partial charge in [-0.05, 0) is 12.1 Å². The van der Waals surface area contributed by atoms with Crippen LogP contribution in [-0.2, 0) is 0 Å². The summed E-state index contributed by atoms with van der Waals surface area (Å²) < 4.78 is 24.2. The standard InChI is InChI=1S/C15H13FO4/c1-19-12-8-4-6-10(14(12)20-2)9-5-3-7-11(16)13(9)15(17)18/h3-8H,1-2H3,(H,17,18). The van der Waals surface area contributed by atoms with Gasteiger partial charge in [0.25, 0.3) is 0 Å². The van der Waals surface area contributed by atoms with E-state index in [4.69, 9.17) is 9.47 Å². The molecular weight excluding hydrogens is 263 g/mol. The van der Waals surface area contributed by atoms with Gasteiger partial charge in [-0.1, -0.05) is 24.3 Å². The maximum atomic E-state index is 13.8. The lowest BCUT2D eigenvalue weighted by molar-refractivity contribution is 0.0693. The van der Waals surface area contributed by atoms with E-state index >= 15 is 0 Å². The van der Waals surface area contributed by atoms with Crippen LogP contribution in [0.5, 0.6) is 11.5 Å². The van der Waals surface area contributed by atoms with Gasteiger partial charge in [-0.15, -0.1) is 0 Å². The van der Waals surface area contributed by atoms with Gasteiger partial charge in [0.1, 0.15) is 11.4 Å². The number of para-hydroxylation sites is 1. The van der Waals surface area contributed by atoms with Crippen LogP contribution >= 0.6 is 0 Å². The highest BCUT2D eigenvalue weighted by Gasteiger charge is 2.20. The molecule has 0 bridgehead atoms. The Bertz CT molecular complexity index is 652. The highest BCUT2D eigenvalue weighted by Crippen LogP contribution is 2.39. The lowest BCUT2D eigenvalue weighted by atomic mass is 9.98. The summed E-state index contributed by atoms with van der Waals surface area (Å²) in [4.78, 5) is 11.3. The van der Waals surface area contributed by atoms with E-state index in [2.05, 4.69) is 0 Å². The van der Waals surface area contributed by atoms with Crippen LogP contribution in [0.2, 0.25) is 0 Å². The number of halogens is 1. The zero-order valence-electron chi connectivity index (χ0n) is 11.0. The number of benzene rings is 2. The Labute approximate surface area is 115 Å². The van der Waals surface area contributed by atoms with E-state index in [1.165, 1.54) is 26.4 Å². The van der Waals surface area contributed by atoms with Crippen molar-refractivity contribution in [2.45, 2.75) is 0 Å². The minimum atomic E-state index is -1.33. The first kappa shape index (κ1) is 13.9. The van der Waals surface area contributed by atoms with Gasteiger partial charge >= 0.3 is 5.97 Å². The Morgan fingerprint density at radius 1 is 1.05 bits per heavy atom. The number of aromatic carboxylic acids is 1. The van der Waals surface area contributed by atoms with E-state index in [9.17, 15) is 14.3 Å². The molecule has 4 nitrogen and oxygen atoms in total. The number of hydrogen-bond acceptors (Lipinski definition) is 3. The lowest BCUT2D eigenvalue weighted by Crippen LogP contribution is -2.04. The van der Waals surface area contributed by atoms with Crippen molar-refractivity contribution in [1.82, 2.24) is 0 Å². The van der Waals surface area contributed by atoms with Gasteiger partial charge in [0.15, 0.2) is 11.5 Å². The number of carbonyl (C=O) groups is 1. The highest BCUT2D eigenvalue weighted by atomic mass is 19.1. The molecule has 0 saturated heterocycles. The topological polar surface area (TPSA) is 55.8 Å². The molecule has 0 unspecified atom stereocenters. The highest BCUT2D eigenvalue weighted by molar-refractivity contribution is 5.97. The Hall–Kier alpha value is -2.56. The average molecular weight is 276 g/mol. The van der Waals surface area contributed by atoms with Crippen LogP contribution in [0, 0.1) is 5.82 Å². The lowest BCUT2D eigenvalue weighted by Gasteiger charge is -2.14. The van der Waals surface area contributed by atoms with Crippen LogP contribution in [0.3, 0.4) is 0 Å². The summed E-state index contributed by atoms with van der Waals surface area (Å²) in [6.45, 7) is 0. The number of carboxylic acids is 1. The summed E-state index contributed by atoms with van der Waals surface area (Å²) >= 11 is 0. The molecule has 0 spiro atoms. The summed E-state index contributed by atoms with van der Waals surface area (Å²) in [5.74, 6) is -1.31. The van der Waals surface area contributed by atoms with E-state index in [0.29, 0.717) is 17.1 Å². The molecule has 0 amide bonds. The summed E-state index contributed by atoms with van der Waals surface area (Å²) in [5, 5.41) is 9.19. The van der Waals surface area contributed by atoms with Crippen LogP contribution in [0.1, 0.15) is 10.4 Å². The van der Waals surface area contributed by atoms with Crippen molar-refractivity contribution in [2.75, 3.05) is 14.2 Å². The summed E-state index contributed by atoms with van der Waals surface area (Å²) in [6.07, 6.45) is 0. The molecule has 0 aliphatic heterocycles. The van der Waals surface area contributed by atoms with Crippen LogP contribution in [0.15, 0.2) is 36.4 Å². The molecule has 0 heterocycles. The Morgan fingerprint density at radius 2 is 1.70 bits per heavy atom. The molecule has 0 fully saturated rings. The maximum absolute atomic E-state index is 13.8. The van der Waals surface area contributed by atoms with E-state index < -0.39 is 11.8 Å². The first-order valence-corrected chi connectivity index (χ1v) is 5.83. The Kier molecular flexibility index (Phi) is 3.89. The number of carboxylic acid groups (broad SMARTS) is 1. The molecule has 0 atom stereocenters. The Morgan fingerprint density at radius 3 is 2.30 bits per heavy atom. The minimum absolute atomic E-state index is 0.244. The second-order valence-corrected chi connectivity index (χ2v) is 4.01. The van der Waals surface area contributed by atoms with Gasteiger partial charge < -0.3 is 14.6 Å². The third-order valence-electron chi connectivity index (χ3n) is 2.92. The van der Waals surface area contributed by atoms with Crippen molar-refractivity contribution in [3.05, 3.63) is 47.8 Å². The molecule has 0 saturated carbocycles. The molecule has 104 valence electrons. The van der Waals surface area contributed by atoms with Crippen molar-refractivity contribution in [3.8, 4) is 22.6 Å². The molecule has 2 aromatic carbocycles. The predicted molar refractivity (Wildman–Crippen MR) is 71.9 cm³/mol. The summed E-state index contributed by atoms with van der Waals surface area (Å²) in [7, 11) is 2.92. The second kappa shape index (κ2) is 5.61. The fraction of sp³-hybridized carbons (Fsp3) is 0.133. The van der Waals surface area contributed by atoms with E-state index in [1.54, 1.807) is 18.2 Å². The molecular formula is C15H13FO4. The number of ether oxygens (including phenoxy) is 2. The smallest absolute Gasteiger partial charge is 0.339 e. The maximum Gasteiger partial charge on any atom is 0.339 e. The molecule has 0 aliphatic rings. The molecule has 20 heavy (non-hydrogen) atoms. The molecule has 1 N–H and O–H groups in total. The van der Waals surface area contributed by atoms with Gasteiger partial charge in [-0.3, -0.25) is 0 Å². The zero-order valence-corrected chi connectivity index (χ0v) is 11.0. The third-order valence-corrected chi connectivity index (χ3v) is 2.92. The van der Waals surface area contributed by atoms with Crippen LogP contribution in [-0.4, -0.2) is 25.3 Å². The number of rotatable bonds is 4. The average Bonchev–Trinajstić information content (AvgIpc) is 2.45. The minimum Gasteiger partial charge on any atom is -0.493 e. The fourth-order valence-corrected chi connectivity index (χ4v) is 2.07. The number of hydrogen-bond donors (Lipinski definition) is 1. The largest absolute Gasteiger partial charge is 0.493 e. The molecule has 0 aromatic heterocycles. The van der Waals surface area contributed by atoms with Crippen molar-refractivity contribution in [3.63, 3.8) is 0 Å². The van der Waals surface area contributed by atoms with E-state index in [-0.39, 0.29) is 11.1 Å². The summed E-state index contributed by atoms with van der Waals surface area (Å²) in [5.41, 5.74) is 0.316. The molecule has 2 aromatic rings. The van der Waals surface area contributed by atoms with Gasteiger partial charge in [0.2, 0.25) is 0 Å². The third kappa shape index (κ3) is 2.30. The first-order valence-electron chi connectivity index (χ1n) is 5.83. The monoisotopic (exact) mass is 276 g/mol. The van der Waals surface area contributed by atoms with Gasteiger partial charge in [-0.2, -0.15) is 0 Å². The van der Waals surface area contributed by atoms with E-state index in [1.807, 2.05) is 0 Å². The van der Waals surface area contributed by atoms with Crippen molar-refractivity contribution in [2.24, 2.45) is 0 Å². The van der Waals surface area contributed by atoms with Crippen LogP contribution < -0.4 is 9.47 Å². The second-order valence-electron chi connectivity index (χ2n) is 4.01. The Balaban J connectivity index is 2.75. The molecule has 0 radical (unpaired) electrons. The molecule has 0 aliphatic carbocycles. The van der Waals surface area contributed by atoms with Crippen molar-refractivity contribution < 1.29 is 23.8 Å². The quantitative estimate of drug-likeness (QED) is 0.931. The predicted octanol–water partition coefficient (Wildman–Crippen LogP) is 3.21. The normalized spacial score (nSPS) is 10.2. The molecule has 2 rings (SSSR count). The summed E-state index contributed by atoms with van der Waals surface area (Å²) in [6, 6.07) is 9.12. The van der Waals surface area contributed by atoms with Crippen molar-refractivity contribution >= 4 is 5.97 Å².